The summed E-state index contributed by atoms with van der Waals surface area (Å²) < 4.78 is 0. The summed E-state index contributed by atoms with van der Waals surface area (Å²) in [6.07, 6.45) is 0.634. The van der Waals surface area contributed by atoms with E-state index in [4.69, 9.17) is 5.73 Å². The van der Waals surface area contributed by atoms with Crippen molar-refractivity contribution in [3.05, 3.63) is 24.3 Å². The molecule has 0 bridgehead atoms. The molecule has 0 radical (unpaired) electrons. The van der Waals surface area contributed by atoms with Gasteiger partial charge in [-0.2, -0.15) is 0 Å². The van der Waals surface area contributed by atoms with E-state index in [1.54, 1.807) is 0 Å². The second-order valence-corrected chi connectivity index (χ2v) is 5.31. The van der Waals surface area contributed by atoms with Crippen LogP contribution < -0.4 is 10.6 Å². The van der Waals surface area contributed by atoms with Crippen LogP contribution >= 0.6 is 0 Å². The molecule has 0 aliphatic carbocycles. The summed E-state index contributed by atoms with van der Waals surface area (Å²) in [6, 6.07) is 7.94. The van der Waals surface area contributed by atoms with E-state index in [2.05, 4.69) is 18.7 Å². The van der Waals surface area contributed by atoms with Gasteiger partial charge in [0.2, 0.25) is 0 Å². The number of nitrogens with zero attached hydrogens (tertiary/aromatic N) is 1. The topological polar surface area (TPSA) is 49.5 Å². The lowest BCUT2D eigenvalue weighted by Crippen LogP contribution is -2.48. The first kappa shape index (κ1) is 11.3. The Bertz CT molecular complexity index is 359. The number of anilines is 2. The first-order chi connectivity index (χ1) is 7.49. The van der Waals surface area contributed by atoms with E-state index < -0.39 is 0 Å². The van der Waals surface area contributed by atoms with Crippen molar-refractivity contribution in [3.63, 3.8) is 0 Å². The maximum Gasteiger partial charge on any atom is 0.0624 e. The largest absolute Gasteiger partial charge is 0.399 e. The zero-order valence-electron chi connectivity index (χ0n) is 9.98. The number of aliphatic hydroxyl groups is 1. The molecule has 1 fully saturated rings. The van der Waals surface area contributed by atoms with Gasteiger partial charge in [0.05, 0.1) is 6.10 Å². The third-order valence-corrected chi connectivity index (χ3v) is 3.43. The summed E-state index contributed by atoms with van der Waals surface area (Å²) in [6.45, 7) is 6.02. The number of nitrogens with two attached hydrogens (primary N) is 1. The predicted molar refractivity (Wildman–Crippen MR) is 67.5 cm³/mol. The molecule has 1 heterocycles. The second kappa shape index (κ2) is 3.98. The average Bonchev–Trinajstić information content (AvgIpc) is 2.23. The first-order valence-corrected chi connectivity index (χ1v) is 5.77. The average molecular weight is 220 g/mol. The van der Waals surface area contributed by atoms with Gasteiger partial charge >= 0.3 is 0 Å². The van der Waals surface area contributed by atoms with Crippen LogP contribution in [0.25, 0.3) is 0 Å². The fourth-order valence-corrected chi connectivity index (χ4v) is 2.25. The van der Waals surface area contributed by atoms with E-state index in [1.807, 2.05) is 24.3 Å². The minimum absolute atomic E-state index is 0.0420. The third-order valence-electron chi connectivity index (χ3n) is 3.43. The van der Waals surface area contributed by atoms with Gasteiger partial charge in [0, 0.05) is 29.9 Å². The lowest BCUT2D eigenvalue weighted by Gasteiger charge is -2.43. The van der Waals surface area contributed by atoms with Crippen LogP contribution in [0.1, 0.15) is 20.3 Å². The van der Waals surface area contributed by atoms with Gasteiger partial charge in [-0.05, 0) is 30.7 Å². The molecule has 88 valence electrons. The van der Waals surface area contributed by atoms with E-state index in [0.717, 1.165) is 25.2 Å². The number of piperidine rings is 1. The fraction of sp³-hybridized carbons (Fsp3) is 0.538. The Morgan fingerprint density at radius 3 is 2.50 bits per heavy atom. The number of rotatable bonds is 1. The first-order valence-electron chi connectivity index (χ1n) is 5.77. The molecule has 0 amide bonds. The molecular weight excluding hydrogens is 200 g/mol. The van der Waals surface area contributed by atoms with Crippen LogP contribution in [0.15, 0.2) is 24.3 Å². The van der Waals surface area contributed by atoms with Crippen LogP contribution in [0.2, 0.25) is 0 Å². The van der Waals surface area contributed by atoms with E-state index >= 15 is 0 Å². The van der Waals surface area contributed by atoms with Crippen LogP contribution in [0.3, 0.4) is 0 Å². The summed E-state index contributed by atoms with van der Waals surface area (Å²) >= 11 is 0. The molecule has 16 heavy (non-hydrogen) atoms. The normalized spacial score (nSPS) is 24.4. The Labute approximate surface area is 96.9 Å². The molecule has 1 unspecified atom stereocenters. The highest BCUT2D eigenvalue weighted by Crippen LogP contribution is 2.32. The number of hydrogen-bond donors (Lipinski definition) is 2. The molecular formula is C13H20N2O. The molecule has 1 saturated heterocycles. The zero-order chi connectivity index (χ0) is 11.8. The molecule has 0 aromatic heterocycles. The van der Waals surface area contributed by atoms with Crippen molar-refractivity contribution in [2.45, 2.75) is 26.4 Å². The summed E-state index contributed by atoms with van der Waals surface area (Å²) in [5.74, 6) is 0. The Hall–Kier alpha value is -1.22. The molecule has 1 aliphatic heterocycles. The lowest BCUT2D eigenvalue weighted by atomic mass is 9.81. The van der Waals surface area contributed by atoms with Crippen molar-refractivity contribution in [2.75, 3.05) is 23.7 Å². The summed E-state index contributed by atoms with van der Waals surface area (Å²) in [5.41, 5.74) is 7.61. The van der Waals surface area contributed by atoms with Crippen molar-refractivity contribution < 1.29 is 5.11 Å². The Morgan fingerprint density at radius 2 is 1.94 bits per heavy atom. The van der Waals surface area contributed by atoms with Gasteiger partial charge in [0.15, 0.2) is 0 Å². The van der Waals surface area contributed by atoms with Crippen LogP contribution in [0.4, 0.5) is 11.4 Å². The molecule has 0 spiro atoms. The molecule has 3 nitrogen and oxygen atoms in total. The van der Waals surface area contributed by atoms with Crippen LogP contribution in [0, 0.1) is 5.41 Å². The molecule has 1 atom stereocenters. The maximum atomic E-state index is 9.90. The molecule has 3 N–H and O–H groups in total. The standard InChI is InChI=1S/C13H20N2O/c1-13(2)9-15(8-7-12(13)16)11-5-3-10(14)4-6-11/h3-6,12,16H,7-9,14H2,1-2H3. The minimum atomic E-state index is -0.197. The predicted octanol–water partition coefficient (Wildman–Crippen LogP) is 1.87. The minimum Gasteiger partial charge on any atom is -0.399 e. The monoisotopic (exact) mass is 220 g/mol. The summed E-state index contributed by atoms with van der Waals surface area (Å²) in [4.78, 5) is 2.31. The van der Waals surface area contributed by atoms with Crippen molar-refractivity contribution in [1.29, 1.82) is 0 Å². The Morgan fingerprint density at radius 1 is 1.31 bits per heavy atom. The van der Waals surface area contributed by atoms with Crippen molar-refractivity contribution in [1.82, 2.24) is 0 Å². The van der Waals surface area contributed by atoms with E-state index in [1.165, 1.54) is 5.69 Å². The molecule has 1 aliphatic rings. The number of aliphatic hydroxyl groups excluding tert-OH is 1. The van der Waals surface area contributed by atoms with Gasteiger partial charge in [-0.3, -0.25) is 0 Å². The Balaban J connectivity index is 2.14. The van der Waals surface area contributed by atoms with Crippen LogP contribution in [0.5, 0.6) is 0 Å². The highest BCUT2D eigenvalue weighted by atomic mass is 16.3. The highest BCUT2D eigenvalue weighted by Gasteiger charge is 2.34. The highest BCUT2D eigenvalue weighted by molar-refractivity contribution is 5.53. The van der Waals surface area contributed by atoms with Crippen LogP contribution in [-0.2, 0) is 0 Å². The van der Waals surface area contributed by atoms with E-state index in [-0.39, 0.29) is 11.5 Å². The Kier molecular flexibility index (Phi) is 2.80. The van der Waals surface area contributed by atoms with E-state index in [9.17, 15) is 5.11 Å². The molecule has 1 aromatic rings. The van der Waals surface area contributed by atoms with Gasteiger partial charge in [0.1, 0.15) is 0 Å². The molecule has 2 rings (SSSR count). The molecule has 3 heteroatoms. The van der Waals surface area contributed by atoms with Gasteiger partial charge in [0.25, 0.3) is 0 Å². The van der Waals surface area contributed by atoms with Gasteiger partial charge in [-0.1, -0.05) is 13.8 Å². The second-order valence-electron chi connectivity index (χ2n) is 5.31. The number of hydrogen-bond acceptors (Lipinski definition) is 3. The quantitative estimate of drug-likeness (QED) is 0.710. The van der Waals surface area contributed by atoms with Crippen molar-refractivity contribution in [2.24, 2.45) is 5.41 Å². The van der Waals surface area contributed by atoms with Gasteiger partial charge in [-0.25, -0.2) is 0 Å². The third kappa shape index (κ3) is 2.14. The van der Waals surface area contributed by atoms with Crippen molar-refractivity contribution in [3.8, 4) is 0 Å². The molecule has 0 saturated carbocycles. The fourth-order valence-electron chi connectivity index (χ4n) is 2.25. The maximum absolute atomic E-state index is 9.90. The SMILES string of the molecule is CC1(C)CN(c2ccc(N)cc2)CCC1O. The summed E-state index contributed by atoms with van der Waals surface area (Å²) in [5, 5.41) is 9.90. The molecule has 1 aromatic carbocycles. The lowest BCUT2D eigenvalue weighted by molar-refractivity contribution is 0.0336. The van der Waals surface area contributed by atoms with E-state index in [0.29, 0.717) is 0 Å². The number of benzene rings is 1. The van der Waals surface area contributed by atoms with Crippen molar-refractivity contribution >= 4 is 11.4 Å². The van der Waals surface area contributed by atoms with Gasteiger partial charge < -0.3 is 15.7 Å². The van der Waals surface area contributed by atoms with Crippen LogP contribution in [-0.4, -0.2) is 24.3 Å². The summed E-state index contributed by atoms with van der Waals surface area (Å²) in [7, 11) is 0. The smallest absolute Gasteiger partial charge is 0.0624 e. The number of nitrogen functional groups attached to an aromatic ring is 1. The van der Waals surface area contributed by atoms with Gasteiger partial charge in [-0.15, -0.1) is 0 Å². The zero-order valence-corrected chi connectivity index (χ0v) is 9.98.